The Morgan fingerprint density at radius 3 is 2.62 bits per heavy atom. The van der Waals surface area contributed by atoms with Gasteiger partial charge in [-0.15, -0.1) is 12.4 Å². The van der Waals surface area contributed by atoms with Crippen LogP contribution in [0.25, 0.3) is 0 Å². The minimum Gasteiger partial charge on any atom is -0.354 e. The zero-order valence-corrected chi connectivity index (χ0v) is 9.94. The average molecular weight is 248 g/mol. The number of carbonyl (C=O) groups excluding carboxylic acids is 2. The number of hydrogen-bond donors (Lipinski definition) is 3. The Morgan fingerprint density at radius 1 is 1.25 bits per heavy atom. The van der Waals surface area contributed by atoms with Crippen molar-refractivity contribution in [2.24, 2.45) is 0 Å². The van der Waals surface area contributed by atoms with E-state index in [-0.39, 0.29) is 36.3 Å². The number of amides is 2. The van der Waals surface area contributed by atoms with E-state index in [1.165, 1.54) is 0 Å². The van der Waals surface area contributed by atoms with E-state index < -0.39 is 0 Å². The highest BCUT2D eigenvalue weighted by molar-refractivity contribution is 5.90. The number of halogens is 1. The van der Waals surface area contributed by atoms with Gasteiger partial charge in [0.05, 0.1) is 6.04 Å². The van der Waals surface area contributed by atoms with E-state index in [9.17, 15) is 9.59 Å². The van der Waals surface area contributed by atoms with Crippen LogP contribution in [0.3, 0.4) is 0 Å². The van der Waals surface area contributed by atoms with Gasteiger partial charge in [-0.25, -0.2) is 0 Å². The standard InChI is InChI=1S/C10H17N3O2.ClH/c14-9-8(3-1-2-5-12-9)13-10(15)7-4-6-11-7;/h7-8,11H,1-6H2,(H,12,14)(H,13,15);1H/t7-,8?;/m1./s1. The van der Waals surface area contributed by atoms with Crippen LogP contribution in [0.5, 0.6) is 0 Å². The molecule has 2 rings (SSSR count). The monoisotopic (exact) mass is 247 g/mol. The summed E-state index contributed by atoms with van der Waals surface area (Å²) in [5, 5.41) is 8.62. The Labute approximate surface area is 101 Å². The average Bonchev–Trinajstić information content (AvgIpc) is 2.29. The summed E-state index contributed by atoms with van der Waals surface area (Å²) >= 11 is 0. The van der Waals surface area contributed by atoms with Crippen LogP contribution in [0.15, 0.2) is 0 Å². The van der Waals surface area contributed by atoms with Gasteiger partial charge in [0, 0.05) is 6.54 Å². The second-order valence-electron chi connectivity index (χ2n) is 4.14. The van der Waals surface area contributed by atoms with Gasteiger partial charge in [0.2, 0.25) is 11.8 Å². The molecule has 16 heavy (non-hydrogen) atoms. The van der Waals surface area contributed by atoms with E-state index in [0.29, 0.717) is 0 Å². The van der Waals surface area contributed by atoms with Gasteiger partial charge in [0.25, 0.3) is 0 Å². The van der Waals surface area contributed by atoms with E-state index in [2.05, 4.69) is 16.0 Å². The first-order valence-corrected chi connectivity index (χ1v) is 5.59. The van der Waals surface area contributed by atoms with E-state index >= 15 is 0 Å². The van der Waals surface area contributed by atoms with Crippen molar-refractivity contribution >= 4 is 24.2 Å². The van der Waals surface area contributed by atoms with E-state index in [0.717, 1.165) is 38.8 Å². The molecule has 0 radical (unpaired) electrons. The zero-order valence-electron chi connectivity index (χ0n) is 9.12. The molecule has 0 aromatic heterocycles. The third-order valence-corrected chi connectivity index (χ3v) is 2.99. The first-order valence-electron chi connectivity index (χ1n) is 5.59. The smallest absolute Gasteiger partial charge is 0.242 e. The topological polar surface area (TPSA) is 70.2 Å². The van der Waals surface area contributed by atoms with Gasteiger partial charge in [-0.1, -0.05) is 0 Å². The molecule has 2 aliphatic rings. The van der Waals surface area contributed by atoms with Crippen LogP contribution < -0.4 is 16.0 Å². The number of hydrogen-bond acceptors (Lipinski definition) is 3. The molecule has 1 unspecified atom stereocenters. The minimum atomic E-state index is -0.331. The Balaban J connectivity index is 0.00000128. The fourth-order valence-corrected chi connectivity index (χ4v) is 1.86. The van der Waals surface area contributed by atoms with Crippen molar-refractivity contribution in [3.8, 4) is 0 Å². The third-order valence-electron chi connectivity index (χ3n) is 2.99. The number of nitrogens with one attached hydrogen (secondary N) is 3. The Bertz CT molecular complexity index is 269. The molecule has 0 spiro atoms. The first kappa shape index (κ1) is 13.3. The third kappa shape index (κ3) is 3.09. The second kappa shape index (κ2) is 6.06. The van der Waals surface area contributed by atoms with Gasteiger partial charge in [-0.05, 0) is 32.2 Å². The molecule has 92 valence electrons. The van der Waals surface area contributed by atoms with E-state index in [4.69, 9.17) is 0 Å². The molecular formula is C10H18ClN3O2. The van der Waals surface area contributed by atoms with Crippen molar-refractivity contribution in [2.45, 2.75) is 37.8 Å². The van der Waals surface area contributed by atoms with Crippen LogP contribution in [0, 0.1) is 0 Å². The molecule has 6 heteroatoms. The lowest BCUT2D eigenvalue weighted by Crippen LogP contribution is -2.57. The van der Waals surface area contributed by atoms with Crippen molar-refractivity contribution in [1.29, 1.82) is 0 Å². The van der Waals surface area contributed by atoms with Crippen LogP contribution >= 0.6 is 12.4 Å². The Hall–Kier alpha value is -0.810. The van der Waals surface area contributed by atoms with Crippen molar-refractivity contribution < 1.29 is 9.59 Å². The maximum atomic E-state index is 11.6. The maximum absolute atomic E-state index is 11.6. The van der Waals surface area contributed by atoms with Gasteiger partial charge in [0.1, 0.15) is 6.04 Å². The molecular weight excluding hydrogens is 230 g/mol. The lowest BCUT2D eigenvalue weighted by molar-refractivity contribution is -0.130. The summed E-state index contributed by atoms with van der Waals surface area (Å²) in [5.41, 5.74) is 0. The lowest BCUT2D eigenvalue weighted by Gasteiger charge is -2.28. The van der Waals surface area contributed by atoms with Crippen molar-refractivity contribution in [2.75, 3.05) is 13.1 Å². The molecule has 2 atom stereocenters. The van der Waals surface area contributed by atoms with Crippen LogP contribution in [-0.4, -0.2) is 37.0 Å². The van der Waals surface area contributed by atoms with Crippen LogP contribution in [0.4, 0.5) is 0 Å². The molecule has 0 aromatic rings. The predicted molar refractivity (Wildman–Crippen MR) is 62.4 cm³/mol. The van der Waals surface area contributed by atoms with Gasteiger partial charge in [0.15, 0.2) is 0 Å². The largest absolute Gasteiger partial charge is 0.354 e. The van der Waals surface area contributed by atoms with Crippen LogP contribution in [0.2, 0.25) is 0 Å². The molecule has 0 aliphatic carbocycles. The molecule has 2 aliphatic heterocycles. The van der Waals surface area contributed by atoms with Crippen molar-refractivity contribution in [1.82, 2.24) is 16.0 Å². The highest BCUT2D eigenvalue weighted by Crippen LogP contribution is 2.07. The number of carbonyl (C=O) groups is 2. The Kier molecular flexibility index (Phi) is 5.02. The summed E-state index contributed by atoms with van der Waals surface area (Å²) in [6.07, 6.45) is 3.62. The molecule has 2 heterocycles. The predicted octanol–water partition coefficient (Wildman–Crippen LogP) is -0.445. The molecule has 2 fully saturated rings. The van der Waals surface area contributed by atoms with Crippen LogP contribution in [-0.2, 0) is 9.59 Å². The lowest BCUT2D eigenvalue weighted by atomic mass is 10.1. The molecule has 0 bridgehead atoms. The summed E-state index contributed by atoms with van der Waals surface area (Å²) in [4.78, 5) is 23.1. The molecule has 2 saturated heterocycles. The minimum absolute atomic E-state index is 0. The van der Waals surface area contributed by atoms with Crippen molar-refractivity contribution in [3.63, 3.8) is 0 Å². The SMILES string of the molecule is Cl.O=C1NCCCCC1NC(=O)[C@H]1CCN1. The van der Waals surface area contributed by atoms with E-state index in [1.807, 2.05) is 0 Å². The normalized spacial score (nSPS) is 29.1. The first-order chi connectivity index (χ1) is 7.27. The van der Waals surface area contributed by atoms with Gasteiger partial charge >= 0.3 is 0 Å². The molecule has 5 nitrogen and oxygen atoms in total. The van der Waals surface area contributed by atoms with Gasteiger partial charge in [-0.3, -0.25) is 9.59 Å². The molecule has 2 amide bonds. The van der Waals surface area contributed by atoms with Gasteiger partial charge in [-0.2, -0.15) is 0 Å². The fourth-order valence-electron chi connectivity index (χ4n) is 1.86. The van der Waals surface area contributed by atoms with Crippen molar-refractivity contribution in [3.05, 3.63) is 0 Å². The zero-order chi connectivity index (χ0) is 10.7. The molecule has 0 aromatic carbocycles. The maximum Gasteiger partial charge on any atom is 0.242 e. The Morgan fingerprint density at radius 2 is 2.00 bits per heavy atom. The summed E-state index contributed by atoms with van der Waals surface area (Å²) < 4.78 is 0. The number of rotatable bonds is 2. The fraction of sp³-hybridized carbons (Fsp3) is 0.800. The molecule has 0 saturated carbocycles. The second-order valence-corrected chi connectivity index (χ2v) is 4.14. The quantitative estimate of drug-likeness (QED) is 0.619. The van der Waals surface area contributed by atoms with Gasteiger partial charge < -0.3 is 16.0 Å². The summed E-state index contributed by atoms with van der Waals surface area (Å²) in [5.74, 6) is -0.0801. The molecule has 3 N–H and O–H groups in total. The highest BCUT2D eigenvalue weighted by Gasteiger charge is 2.29. The van der Waals surface area contributed by atoms with E-state index in [1.54, 1.807) is 0 Å². The highest BCUT2D eigenvalue weighted by atomic mass is 35.5. The summed E-state index contributed by atoms with van der Waals surface area (Å²) in [6, 6.07) is -0.413. The summed E-state index contributed by atoms with van der Waals surface area (Å²) in [7, 11) is 0. The summed E-state index contributed by atoms with van der Waals surface area (Å²) in [6.45, 7) is 1.63. The van der Waals surface area contributed by atoms with Crippen LogP contribution in [0.1, 0.15) is 25.7 Å².